The molecule has 0 aliphatic carbocycles. The fourth-order valence-electron chi connectivity index (χ4n) is 5.32. The van der Waals surface area contributed by atoms with Crippen LogP contribution >= 0.6 is 0 Å². The molecule has 206 valence electrons. The molecule has 11 heteroatoms. The quantitative estimate of drug-likeness (QED) is 0.366. The Morgan fingerprint density at radius 1 is 1.00 bits per heavy atom. The largest absolute Gasteiger partial charge is 0.481 e. The number of carboxylic acids is 1. The lowest BCUT2D eigenvalue weighted by molar-refractivity contribution is -0.141. The van der Waals surface area contributed by atoms with Crippen molar-refractivity contribution in [2.24, 2.45) is 10.9 Å². The fraction of sp³-hybridized carbons (Fsp3) is 0.393. The lowest BCUT2D eigenvalue weighted by Crippen LogP contribution is -2.48. The summed E-state index contributed by atoms with van der Waals surface area (Å²) in [4.78, 5) is 54.9. The number of aliphatic carboxylic acids is 1. The average Bonchev–Trinajstić information content (AvgIpc) is 2.91. The molecule has 0 spiro atoms. The minimum Gasteiger partial charge on any atom is -0.481 e. The van der Waals surface area contributed by atoms with E-state index in [1.807, 2.05) is 6.07 Å². The summed E-state index contributed by atoms with van der Waals surface area (Å²) in [7, 11) is 0. The van der Waals surface area contributed by atoms with Crippen molar-refractivity contribution in [1.82, 2.24) is 15.1 Å². The number of aliphatic imine (C=N–C) groups is 1. The van der Waals surface area contributed by atoms with Crippen LogP contribution in [-0.2, 0) is 4.79 Å². The Morgan fingerprint density at radius 3 is 2.36 bits per heavy atom. The molecule has 4 rings (SSSR count). The Morgan fingerprint density at radius 2 is 1.69 bits per heavy atom. The van der Waals surface area contributed by atoms with Gasteiger partial charge in [-0.15, -0.1) is 0 Å². The van der Waals surface area contributed by atoms with Crippen LogP contribution in [0.5, 0.6) is 0 Å². The van der Waals surface area contributed by atoms with Crippen molar-refractivity contribution in [1.29, 1.82) is 0 Å². The molecule has 2 atom stereocenters. The number of carbonyl (C=O) groups excluding carboxylic acids is 2. The molecule has 2 aromatic carbocycles. The highest BCUT2D eigenvalue weighted by atomic mass is 16.4. The molecule has 2 aromatic rings. The van der Waals surface area contributed by atoms with Crippen LogP contribution in [0.25, 0.3) is 0 Å². The Hall–Kier alpha value is -4.25. The molecule has 1 saturated heterocycles. The number of nitrogens with zero attached hydrogens (tertiary/aromatic N) is 3. The Labute approximate surface area is 226 Å². The van der Waals surface area contributed by atoms with Gasteiger partial charge in [-0.05, 0) is 75.0 Å². The van der Waals surface area contributed by atoms with Crippen molar-refractivity contribution in [3.05, 3.63) is 65.7 Å². The summed E-state index contributed by atoms with van der Waals surface area (Å²) in [6, 6.07) is 13.9. The van der Waals surface area contributed by atoms with E-state index in [0.29, 0.717) is 23.0 Å². The van der Waals surface area contributed by atoms with Crippen molar-refractivity contribution in [2.45, 2.75) is 38.1 Å². The third-order valence-corrected chi connectivity index (χ3v) is 7.28. The molecule has 11 nitrogen and oxygen atoms in total. The van der Waals surface area contributed by atoms with Gasteiger partial charge >= 0.3 is 24.1 Å². The van der Waals surface area contributed by atoms with Crippen LogP contribution in [-0.4, -0.2) is 76.0 Å². The predicted molar refractivity (Wildman–Crippen MR) is 145 cm³/mol. The average molecular weight is 536 g/mol. The van der Waals surface area contributed by atoms with Crippen LogP contribution < -0.4 is 10.6 Å². The van der Waals surface area contributed by atoms with E-state index in [-0.39, 0.29) is 11.3 Å². The van der Waals surface area contributed by atoms with Gasteiger partial charge in [0.1, 0.15) is 5.92 Å². The van der Waals surface area contributed by atoms with Crippen molar-refractivity contribution in [2.75, 3.05) is 31.5 Å². The highest BCUT2D eigenvalue weighted by Crippen LogP contribution is 2.35. The second kappa shape index (κ2) is 12.5. The van der Waals surface area contributed by atoms with Crippen LogP contribution in [0.15, 0.2) is 59.6 Å². The van der Waals surface area contributed by atoms with E-state index in [4.69, 9.17) is 0 Å². The van der Waals surface area contributed by atoms with E-state index in [1.165, 1.54) is 24.6 Å². The number of anilines is 1. The van der Waals surface area contributed by atoms with Crippen LogP contribution in [0, 0.1) is 5.92 Å². The number of amides is 5. The lowest BCUT2D eigenvalue weighted by Gasteiger charge is -2.34. The third kappa shape index (κ3) is 6.80. The number of hydrogen-bond acceptors (Lipinski definition) is 5. The summed E-state index contributed by atoms with van der Waals surface area (Å²) in [5.74, 6) is -2.06. The molecule has 0 saturated carbocycles. The van der Waals surface area contributed by atoms with Gasteiger partial charge < -0.3 is 25.7 Å². The van der Waals surface area contributed by atoms with Gasteiger partial charge in [0, 0.05) is 17.9 Å². The summed E-state index contributed by atoms with van der Waals surface area (Å²) in [5, 5.41) is 24.8. The molecule has 2 aliphatic heterocycles. The number of piperidine rings is 1. The zero-order valence-corrected chi connectivity index (χ0v) is 21.7. The minimum absolute atomic E-state index is 0.00963. The lowest BCUT2D eigenvalue weighted by atomic mass is 9.87. The van der Waals surface area contributed by atoms with E-state index in [1.54, 1.807) is 12.1 Å². The van der Waals surface area contributed by atoms with Crippen molar-refractivity contribution >= 4 is 35.5 Å². The van der Waals surface area contributed by atoms with Gasteiger partial charge in [0.15, 0.2) is 0 Å². The summed E-state index contributed by atoms with van der Waals surface area (Å²) >= 11 is 0. The molecule has 1 fully saturated rings. The molecular formula is C28H33N5O6. The molecule has 0 bridgehead atoms. The van der Waals surface area contributed by atoms with Gasteiger partial charge in [0.2, 0.25) is 0 Å². The van der Waals surface area contributed by atoms with E-state index in [9.17, 15) is 29.4 Å². The normalized spacial score (nSPS) is 20.3. The first-order chi connectivity index (χ1) is 18.7. The van der Waals surface area contributed by atoms with Crippen LogP contribution in [0.1, 0.15) is 49.3 Å². The van der Waals surface area contributed by atoms with Gasteiger partial charge in [-0.2, -0.15) is 0 Å². The van der Waals surface area contributed by atoms with Crippen LogP contribution in [0.2, 0.25) is 0 Å². The fourth-order valence-corrected chi connectivity index (χ4v) is 5.32. The second-order valence-electron chi connectivity index (χ2n) is 9.84. The standard InChI is InChI=1S/C28H33N5O6/c1-18-23(25(34)35)24(33(28(38)39)27(37)30-18)21-9-5-10-22(17-21)31-26(36)29-13-6-14-32-15-11-20(12-16-32)19-7-3-2-4-8-19/h2-5,7-10,17,20,23-24H,6,11-16H2,1H3,(H,34,35)(H,38,39)(H2,29,31,36). The van der Waals surface area contributed by atoms with Gasteiger partial charge in [-0.25, -0.2) is 24.3 Å². The number of urea groups is 2. The molecule has 2 heterocycles. The minimum atomic E-state index is -1.60. The summed E-state index contributed by atoms with van der Waals surface area (Å²) in [6.07, 6.45) is 1.43. The maximum atomic E-state index is 12.5. The van der Waals surface area contributed by atoms with Gasteiger partial charge in [-0.1, -0.05) is 42.5 Å². The first-order valence-electron chi connectivity index (χ1n) is 13.0. The zero-order valence-electron chi connectivity index (χ0n) is 21.7. The number of carbonyl (C=O) groups is 4. The van der Waals surface area contributed by atoms with E-state index in [2.05, 4.69) is 44.8 Å². The van der Waals surface area contributed by atoms with Gasteiger partial charge in [-0.3, -0.25) is 4.79 Å². The smallest absolute Gasteiger partial charge is 0.416 e. The molecule has 5 amide bonds. The summed E-state index contributed by atoms with van der Waals surface area (Å²) in [6.45, 7) is 4.79. The first-order valence-corrected chi connectivity index (χ1v) is 13.0. The number of rotatable bonds is 8. The van der Waals surface area contributed by atoms with Crippen molar-refractivity contribution in [3.63, 3.8) is 0 Å². The number of benzene rings is 2. The second-order valence-corrected chi connectivity index (χ2v) is 9.84. The molecule has 0 radical (unpaired) electrons. The molecular weight excluding hydrogens is 502 g/mol. The van der Waals surface area contributed by atoms with Crippen LogP contribution in [0.3, 0.4) is 0 Å². The number of imide groups is 1. The van der Waals surface area contributed by atoms with E-state index < -0.39 is 36.1 Å². The molecule has 2 unspecified atom stereocenters. The molecule has 39 heavy (non-hydrogen) atoms. The summed E-state index contributed by atoms with van der Waals surface area (Å²) in [5.41, 5.74) is 2.00. The summed E-state index contributed by atoms with van der Waals surface area (Å²) < 4.78 is 0. The van der Waals surface area contributed by atoms with Crippen molar-refractivity contribution < 1.29 is 29.4 Å². The number of carboxylic acid groups (broad SMARTS) is 2. The Balaban J connectivity index is 1.28. The molecule has 2 aliphatic rings. The Bertz CT molecular complexity index is 1240. The zero-order chi connectivity index (χ0) is 27.9. The molecule has 0 aromatic heterocycles. The van der Waals surface area contributed by atoms with Crippen LogP contribution in [0.4, 0.5) is 20.1 Å². The predicted octanol–water partition coefficient (Wildman–Crippen LogP) is 4.39. The SMILES string of the molecule is CC1=NC(=O)N(C(=O)O)C(c2cccc(NC(=O)NCCCN3CCC(c4ccccc4)CC3)c2)C1C(=O)O. The number of nitrogens with one attached hydrogen (secondary N) is 2. The number of hydrogen-bond donors (Lipinski definition) is 4. The maximum Gasteiger partial charge on any atom is 0.416 e. The van der Waals surface area contributed by atoms with Gasteiger partial charge in [0.25, 0.3) is 0 Å². The van der Waals surface area contributed by atoms with E-state index in [0.717, 1.165) is 38.9 Å². The Kier molecular flexibility index (Phi) is 8.92. The monoisotopic (exact) mass is 535 g/mol. The first kappa shape index (κ1) is 27.8. The highest BCUT2D eigenvalue weighted by molar-refractivity contribution is 6.10. The third-order valence-electron chi connectivity index (χ3n) is 7.28. The van der Waals surface area contributed by atoms with Crippen molar-refractivity contribution in [3.8, 4) is 0 Å². The highest BCUT2D eigenvalue weighted by Gasteiger charge is 2.45. The topological polar surface area (TPSA) is 152 Å². The molecule has 4 N–H and O–H groups in total. The number of likely N-dealkylation sites (tertiary alicyclic amines) is 1. The van der Waals surface area contributed by atoms with Gasteiger partial charge in [0.05, 0.1) is 6.04 Å². The maximum absolute atomic E-state index is 12.5. The van der Waals surface area contributed by atoms with E-state index >= 15 is 0 Å².